The minimum absolute atomic E-state index is 0.331. The third-order valence-corrected chi connectivity index (χ3v) is 4.09. The maximum absolute atomic E-state index is 10.4. The standard InChI is InChI=1S/C21H38O2/c1-2-3-4-5-6-7-8-9-10-11-12-13-14-15-16-17-18-19-20-21(22)23/h7-8,10-11H,2-6,9,12-20H2,1H3,(H,22,23). The number of unbranched alkanes of at least 4 members (excludes halogenated alkanes) is 11. The molecule has 0 aromatic rings. The van der Waals surface area contributed by atoms with Crippen molar-refractivity contribution in [2.24, 2.45) is 0 Å². The monoisotopic (exact) mass is 322 g/mol. The molecule has 0 aromatic heterocycles. The van der Waals surface area contributed by atoms with Crippen LogP contribution in [0, 0.1) is 0 Å². The molecule has 0 radical (unpaired) electrons. The maximum atomic E-state index is 10.4. The Bertz CT molecular complexity index is 305. The summed E-state index contributed by atoms with van der Waals surface area (Å²) in [5.74, 6) is -0.664. The molecule has 2 heteroatoms. The summed E-state index contributed by atoms with van der Waals surface area (Å²) < 4.78 is 0. The van der Waals surface area contributed by atoms with Crippen molar-refractivity contribution in [3.8, 4) is 0 Å². The molecule has 0 aliphatic carbocycles. The van der Waals surface area contributed by atoms with E-state index in [-0.39, 0.29) is 0 Å². The molecule has 0 rings (SSSR count). The molecule has 2 nitrogen and oxygen atoms in total. The van der Waals surface area contributed by atoms with Crippen molar-refractivity contribution < 1.29 is 9.90 Å². The van der Waals surface area contributed by atoms with E-state index < -0.39 is 5.97 Å². The summed E-state index contributed by atoms with van der Waals surface area (Å²) in [6.45, 7) is 2.25. The Hall–Kier alpha value is -1.05. The van der Waals surface area contributed by atoms with Crippen molar-refractivity contribution in [3.05, 3.63) is 24.3 Å². The van der Waals surface area contributed by atoms with Gasteiger partial charge in [-0.15, -0.1) is 0 Å². The lowest BCUT2D eigenvalue weighted by Crippen LogP contribution is -1.93. The first-order chi connectivity index (χ1) is 11.3. The van der Waals surface area contributed by atoms with Gasteiger partial charge in [-0.3, -0.25) is 4.79 Å². The van der Waals surface area contributed by atoms with E-state index in [0.717, 1.165) is 19.3 Å². The van der Waals surface area contributed by atoms with Gasteiger partial charge in [0, 0.05) is 6.42 Å². The van der Waals surface area contributed by atoms with Crippen molar-refractivity contribution in [2.45, 2.75) is 103 Å². The van der Waals surface area contributed by atoms with E-state index in [1.165, 1.54) is 70.6 Å². The fourth-order valence-corrected chi connectivity index (χ4v) is 2.62. The van der Waals surface area contributed by atoms with E-state index in [2.05, 4.69) is 31.2 Å². The van der Waals surface area contributed by atoms with Crippen LogP contribution in [0.3, 0.4) is 0 Å². The molecule has 0 aromatic carbocycles. The van der Waals surface area contributed by atoms with Crippen LogP contribution in [0.15, 0.2) is 24.3 Å². The number of aliphatic carboxylic acids is 1. The Kier molecular flexibility index (Phi) is 18.1. The van der Waals surface area contributed by atoms with E-state index in [1.807, 2.05) is 0 Å². The van der Waals surface area contributed by atoms with Gasteiger partial charge in [0.15, 0.2) is 0 Å². The van der Waals surface area contributed by atoms with Crippen molar-refractivity contribution >= 4 is 5.97 Å². The molecular weight excluding hydrogens is 284 g/mol. The maximum Gasteiger partial charge on any atom is 0.303 e. The van der Waals surface area contributed by atoms with Crippen molar-refractivity contribution in [1.29, 1.82) is 0 Å². The second kappa shape index (κ2) is 19.0. The third-order valence-electron chi connectivity index (χ3n) is 4.09. The summed E-state index contributed by atoms with van der Waals surface area (Å²) in [6, 6.07) is 0. The van der Waals surface area contributed by atoms with Crippen LogP contribution in [0.25, 0.3) is 0 Å². The summed E-state index contributed by atoms with van der Waals surface area (Å²) in [5.41, 5.74) is 0. The number of carboxylic acid groups (broad SMARTS) is 1. The summed E-state index contributed by atoms with van der Waals surface area (Å²) in [4.78, 5) is 10.4. The molecule has 23 heavy (non-hydrogen) atoms. The van der Waals surface area contributed by atoms with Gasteiger partial charge in [-0.2, -0.15) is 0 Å². The summed E-state index contributed by atoms with van der Waals surface area (Å²) >= 11 is 0. The number of allylic oxidation sites excluding steroid dienone is 4. The molecule has 0 saturated heterocycles. The van der Waals surface area contributed by atoms with Gasteiger partial charge in [0.05, 0.1) is 0 Å². The lowest BCUT2D eigenvalue weighted by Gasteiger charge is -2.00. The summed E-state index contributed by atoms with van der Waals surface area (Å²) in [6.07, 6.45) is 26.7. The van der Waals surface area contributed by atoms with E-state index in [0.29, 0.717) is 6.42 Å². The van der Waals surface area contributed by atoms with Crippen LogP contribution in [0.4, 0.5) is 0 Å². The van der Waals surface area contributed by atoms with Gasteiger partial charge in [0.25, 0.3) is 0 Å². The number of hydrogen-bond acceptors (Lipinski definition) is 1. The highest BCUT2D eigenvalue weighted by molar-refractivity contribution is 5.66. The second-order valence-electron chi connectivity index (χ2n) is 6.44. The fourth-order valence-electron chi connectivity index (χ4n) is 2.62. The minimum Gasteiger partial charge on any atom is -0.481 e. The average Bonchev–Trinajstić information content (AvgIpc) is 2.53. The molecule has 0 saturated carbocycles. The van der Waals surface area contributed by atoms with Crippen LogP contribution in [0.5, 0.6) is 0 Å². The first-order valence-corrected chi connectivity index (χ1v) is 9.79. The van der Waals surface area contributed by atoms with Gasteiger partial charge in [-0.05, 0) is 38.5 Å². The van der Waals surface area contributed by atoms with Crippen LogP contribution >= 0.6 is 0 Å². The molecule has 0 spiro atoms. The Labute approximate surface area is 144 Å². The first kappa shape index (κ1) is 21.9. The normalized spacial score (nSPS) is 11.7. The van der Waals surface area contributed by atoms with Gasteiger partial charge >= 0.3 is 5.97 Å². The van der Waals surface area contributed by atoms with Crippen LogP contribution in [-0.4, -0.2) is 11.1 Å². The molecule has 134 valence electrons. The van der Waals surface area contributed by atoms with Gasteiger partial charge in [0.1, 0.15) is 0 Å². The topological polar surface area (TPSA) is 37.3 Å². The minimum atomic E-state index is -0.664. The third kappa shape index (κ3) is 21.0. The Morgan fingerprint density at radius 1 is 0.696 bits per heavy atom. The predicted molar refractivity (Wildman–Crippen MR) is 101 cm³/mol. The SMILES string of the molecule is CCCCCCC=CCC=CCCCCCCCCCC(=O)O. The Balaban J connectivity index is 3.16. The highest BCUT2D eigenvalue weighted by Crippen LogP contribution is 2.10. The van der Waals surface area contributed by atoms with Crippen LogP contribution in [-0.2, 0) is 4.79 Å². The number of carbonyl (C=O) groups is 1. The average molecular weight is 323 g/mol. The molecular formula is C21H38O2. The fraction of sp³-hybridized carbons (Fsp3) is 0.762. The van der Waals surface area contributed by atoms with E-state index in [9.17, 15) is 4.79 Å². The van der Waals surface area contributed by atoms with Gasteiger partial charge < -0.3 is 5.11 Å². The molecule has 0 atom stereocenters. The smallest absolute Gasteiger partial charge is 0.303 e. The molecule has 0 fully saturated rings. The van der Waals surface area contributed by atoms with Crippen LogP contribution < -0.4 is 0 Å². The first-order valence-electron chi connectivity index (χ1n) is 9.79. The summed E-state index contributed by atoms with van der Waals surface area (Å²) in [7, 11) is 0. The van der Waals surface area contributed by atoms with Gasteiger partial charge in [-0.1, -0.05) is 82.6 Å². The Morgan fingerprint density at radius 3 is 1.70 bits per heavy atom. The summed E-state index contributed by atoms with van der Waals surface area (Å²) in [5, 5.41) is 8.54. The van der Waals surface area contributed by atoms with E-state index >= 15 is 0 Å². The highest BCUT2D eigenvalue weighted by Gasteiger charge is 1.96. The van der Waals surface area contributed by atoms with Crippen LogP contribution in [0.1, 0.15) is 103 Å². The van der Waals surface area contributed by atoms with Crippen molar-refractivity contribution in [3.63, 3.8) is 0 Å². The number of carboxylic acids is 1. The zero-order valence-electron chi connectivity index (χ0n) is 15.3. The molecule has 0 aliphatic rings. The highest BCUT2D eigenvalue weighted by atomic mass is 16.4. The quantitative estimate of drug-likeness (QED) is 0.230. The number of rotatable bonds is 17. The molecule has 0 amide bonds. The number of hydrogen-bond donors (Lipinski definition) is 1. The van der Waals surface area contributed by atoms with Crippen molar-refractivity contribution in [2.75, 3.05) is 0 Å². The van der Waals surface area contributed by atoms with Crippen LogP contribution in [0.2, 0.25) is 0 Å². The van der Waals surface area contributed by atoms with Gasteiger partial charge in [0.2, 0.25) is 0 Å². The van der Waals surface area contributed by atoms with Gasteiger partial charge in [-0.25, -0.2) is 0 Å². The molecule has 0 unspecified atom stereocenters. The lowest BCUT2D eigenvalue weighted by atomic mass is 10.1. The predicted octanol–water partition coefficient (Wildman–Crippen LogP) is 7.05. The Morgan fingerprint density at radius 2 is 1.17 bits per heavy atom. The lowest BCUT2D eigenvalue weighted by molar-refractivity contribution is -0.137. The second-order valence-corrected chi connectivity index (χ2v) is 6.44. The van der Waals surface area contributed by atoms with E-state index in [1.54, 1.807) is 0 Å². The molecule has 1 N–H and O–H groups in total. The molecule has 0 bridgehead atoms. The zero-order valence-corrected chi connectivity index (χ0v) is 15.3. The van der Waals surface area contributed by atoms with E-state index in [4.69, 9.17) is 5.11 Å². The zero-order chi connectivity index (χ0) is 17.0. The molecule has 0 aliphatic heterocycles. The molecule has 0 heterocycles. The largest absolute Gasteiger partial charge is 0.481 e. The van der Waals surface area contributed by atoms with Crippen molar-refractivity contribution in [1.82, 2.24) is 0 Å².